The van der Waals surface area contributed by atoms with Crippen LogP contribution in [0.2, 0.25) is 0 Å². The van der Waals surface area contributed by atoms with E-state index in [1.165, 1.54) is 12.1 Å². The highest BCUT2D eigenvalue weighted by Gasteiger charge is 2.29. The van der Waals surface area contributed by atoms with Crippen molar-refractivity contribution in [1.29, 1.82) is 0 Å². The zero-order valence-electron chi connectivity index (χ0n) is 14.7. The van der Waals surface area contributed by atoms with E-state index in [1.54, 1.807) is 7.05 Å². The molecule has 8 heteroatoms. The zero-order chi connectivity index (χ0) is 18.9. The van der Waals surface area contributed by atoms with Gasteiger partial charge in [-0.25, -0.2) is 0 Å². The molecule has 0 aliphatic carbocycles. The van der Waals surface area contributed by atoms with Gasteiger partial charge in [-0.15, -0.1) is 0 Å². The zero-order valence-corrected chi connectivity index (χ0v) is 14.7. The monoisotopic (exact) mass is 358 g/mol. The SMILES string of the molecule is CN=C(NCCNC(=O)C(C)C)NCCc1ccc(C(F)(F)F)cc1. The van der Waals surface area contributed by atoms with Gasteiger partial charge in [0, 0.05) is 32.6 Å². The fourth-order valence-electron chi connectivity index (χ4n) is 1.98. The van der Waals surface area contributed by atoms with Gasteiger partial charge in [0.1, 0.15) is 0 Å². The van der Waals surface area contributed by atoms with Gasteiger partial charge in [-0.05, 0) is 24.1 Å². The molecule has 0 aliphatic rings. The minimum absolute atomic E-state index is 0.00736. The minimum atomic E-state index is -4.31. The largest absolute Gasteiger partial charge is 0.416 e. The van der Waals surface area contributed by atoms with Crippen molar-refractivity contribution in [3.8, 4) is 0 Å². The Balaban J connectivity index is 2.30. The molecular weight excluding hydrogens is 333 g/mol. The van der Waals surface area contributed by atoms with Gasteiger partial charge in [0.15, 0.2) is 5.96 Å². The Morgan fingerprint density at radius 3 is 2.12 bits per heavy atom. The molecule has 0 atom stereocenters. The molecule has 0 aromatic heterocycles. The van der Waals surface area contributed by atoms with Crippen LogP contribution in [0.1, 0.15) is 25.0 Å². The molecular formula is C17H25F3N4O. The second-order valence-electron chi connectivity index (χ2n) is 5.82. The molecule has 0 saturated heterocycles. The highest BCUT2D eigenvalue weighted by atomic mass is 19.4. The summed E-state index contributed by atoms with van der Waals surface area (Å²) < 4.78 is 37.5. The molecule has 1 aromatic rings. The van der Waals surface area contributed by atoms with Crippen molar-refractivity contribution >= 4 is 11.9 Å². The summed E-state index contributed by atoms with van der Waals surface area (Å²) in [4.78, 5) is 15.5. The molecule has 1 rings (SSSR count). The van der Waals surface area contributed by atoms with Crippen LogP contribution in [0, 0.1) is 5.92 Å². The third kappa shape index (κ3) is 7.91. The first-order valence-corrected chi connectivity index (χ1v) is 8.12. The molecule has 0 spiro atoms. The Labute approximate surface area is 146 Å². The standard InChI is InChI=1S/C17H25F3N4O/c1-12(2)15(25)22-10-11-24-16(21-3)23-9-8-13-4-6-14(7-5-13)17(18,19)20/h4-7,12H,8-11H2,1-3H3,(H,22,25)(H2,21,23,24). The summed E-state index contributed by atoms with van der Waals surface area (Å²) in [7, 11) is 1.63. The number of nitrogens with zero attached hydrogens (tertiary/aromatic N) is 1. The van der Waals surface area contributed by atoms with Crippen LogP contribution in [0.25, 0.3) is 0 Å². The van der Waals surface area contributed by atoms with E-state index in [4.69, 9.17) is 0 Å². The number of halogens is 3. The number of amides is 1. The van der Waals surface area contributed by atoms with Gasteiger partial charge in [-0.3, -0.25) is 9.79 Å². The van der Waals surface area contributed by atoms with Crippen molar-refractivity contribution in [2.24, 2.45) is 10.9 Å². The second-order valence-corrected chi connectivity index (χ2v) is 5.82. The van der Waals surface area contributed by atoms with Gasteiger partial charge in [-0.1, -0.05) is 26.0 Å². The van der Waals surface area contributed by atoms with E-state index < -0.39 is 11.7 Å². The van der Waals surface area contributed by atoms with Gasteiger partial charge < -0.3 is 16.0 Å². The maximum Gasteiger partial charge on any atom is 0.416 e. The molecule has 0 heterocycles. The lowest BCUT2D eigenvalue weighted by molar-refractivity contribution is -0.137. The Bertz CT molecular complexity index is 568. The van der Waals surface area contributed by atoms with E-state index in [9.17, 15) is 18.0 Å². The molecule has 0 fully saturated rings. The summed E-state index contributed by atoms with van der Waals surface area (Å²) in [5.41, 5.74) is 0.158. The quantitative estimate of drug-likeness (QED) is 0.398. The first-order chi connectivity index (χ1) is 11.7. The summed E-state index contributed by atoms with van der Waals surface area (Å²) in [6, 6.07) is 5.11. The maximum atomic E-state index is 12.5. The molecule has 3 N–H and O–H groups in total. The lowest BCUT2D eigenvalue weighted by atomic mass is 10.1. The number of hydrogen-bond donors (Lipinski definition) is 3. The van der Waals surface area contributed by atoms with E-state index >= 15 is 0 Å². The Morgan fingerprint density at radius 1 is 1.04 bits per heavy atom. The second kappa shape index (κ2) is 9.90. The fourth-order valence-corrected chi connectivity index (χ4v) is 1.98. The maximum absolute atomic E-state index is 12.5. The topological polar surface area (TPSA) is 65.5 Å². The summed E-state index contributed by atoms with van der Waals surface area (Å²) in [5, 5.41) is 8.92. The van der Waals surface area contributed by atoms with E-state index in [0.717, 1.165) is 17.7 Å². The molecule has 0 radical (unpaired) electrons. The van der Waals surface area contributed by atoms with Crippen LogP contribution < -0.4 is 16.0 Å². The van der Waals surface area contributed by atoms with Crippen molar-refractivity contribution in [2.45, 2.75) is 26.4 Å². The highest BCUT2D eigenvalue weighted by molar-refractivity contribution is 5.80. The molecule has 0 saturated carbocycles. The normalized spacial score (nSPS) is 12.2. The molecule has 0 unspecified atom stereocenters. The third-order valence-corrected chi connectivity index (χ3v) is 3.45. The Hall–Kier alpha value is -2.25. The predicted molar refractivity (Wildman–Crippen MR) is 92.4 cm³/mol. The van der Waals surface area contributed by atoms with Crippen molar-refractivity contribution < 1.29 is 18.0 Å². The summed E-state index contributed by atoms with van der Waals surface area (Å²) in [6.45, 7) is 5.19. The smallest absolute Gasteiger partial charge is 0.356 e. The average molecular weight is 358 g/mol. The number of alkyl halides is 3. The van der Waals surface area contributed by atoms with Gasteiger partial charge in [0.25, 0.3) is 0 Å². The van der Waals surface area contributed by atoms with E-state index in [1.807, 2.05) is 13.8 Å². The van der Waals surface area contributed by atoms with Crippen molar-refractivity contribution in [3.63, 3.8) is 0 Å². The number of benzene rings is 1. The number of rotatable bonds is 7. The molecule has 1 amide bonds. The van der Waals surface area contributed by atoms with E-state index in [2.05, 4.69) is 20.9 Å². The molecule has 1 aromatic carbocycles. The molecule has 0 bridgehead atoms. The first-order valence-electron chi connectivity index (χ1n) is 8.12. The number of hydrogen-bond acceptors (Lipinski definition) is 2. The van der Waals surface area contributed by atoms with Crippen LogP contribution >= 0.6 is 0 Å². The van der Waals surface area contributed by atoms with Crippen LogP contribution in [0.3, 0.4) is 0 Å². The van der Waals surface area contributed by atoms with Crippen LogP contribution in [-0.2, 0) is 17.4 Å². The lowest BCUT2D eigenvalue weighted by Gasteiger charge is -2.13. The van der Waals surface area contributed by atoms with E-state index in [-0.39, 0.29) is 11.8 Å². The number of aliphatic imine (C=N–C) groups is 1. The van der Waals surface area contributed by atoms with Gasteiger partial charge >= 0.3 is 6.18 Å². The minimum Gasteiger partial charge on any atom is -0.356 e. The number of carbonyl (C=O) groups is 1. The lowest BCUT2D eigenvalue weighted by Crippen LogP contribution is -2.42. The average Bonchev–Trinajstić information content (AvgIpc) is 2.56. The highest BCUT2D eigenvalue weighted by Crippen LogP contribution is 2.29. The molecule has 25 heavy (non-hydrogen) atoms. The molecule has 140 valence electrons. The van der Waals surface area contributed by atoms with Crippen molar-refractivity contribution in [2.75, 3.05) is 26.7 Å². The first kappa shape index (κ1) is 20.8. The number of guanidine groups is 1. The van der Waals surface area contributed by atoms with Crippen LogP contribution in [0.15, 0.2) is 29.3 Å². The third-order valence-electron chi connectivity index (χ3n) is 3.45. The summed E-state index contributed by atoms with van der Waals surface area (Å²) in [6.07, 6.45) is -3.74. The summed E-state index contributed by atoms with van der Waals surface area (Å²) >= 11 is 0. The molecule has 0 aliphatic heterocycles. The predicted octanol–water partition coefficient (Wildman–Crippen LogP) is 2.19. The summed E-state index contributed by atoms with van der Waals surface area (Å²) in [5.74, 6) is 0.513. The van der Waals surface area contributed by atoms with E-state index in [0.29, 0.717) is 32.0 Å². The fraction of sp³-hybridized carbons (Fsp3) is 0.529. The Kier molecular flexibility index (Phi) is 8.24. The van der Waals surface area contributed by atoms with Crippen molar-refractivity contribution in [3.05, 3.63) is 35.4 Å². The van der Waals surface area contributed by atoms with Gasteiger partial charge in [0.2, 0.25) is 5.91 Å². The van der Waals surface area contributed by atoms with Crippen molar-refractivity contribution in [1.82, 2.24) is 16.0 Å². The number of nitrogens with one attached hydrogen (secondary N) is 3. The van der Waals surface area contributed by atoms with Crippen LogP contribution in [0.5, 0.6) is 0 Å². The van der Waals surface area contributed by atoms with Crippen LogP contribution in [0.4, 0.5) is 13.2 Å². The van der Waals surface area contributed by atoms with Crippen LogP contribution in [-0.4, -0.2) is 38.5 Å². The molecule has 5 nitrogen and oxygen atoms in total. The Morgan fingerprint density at radius 2 is 1.60 bits per heavy atom. The van der Waals surface area contributed by atoms with Gasteiger partial charge in [-0.2, -0.15) is 13.2 Å². The van der Waals surface area contributed by atoms with Gasteiger partial charge in [0.05, 0.1) is 5.56 Å². The number of carbonyl (C=O) groups excluding carboxylic acids is 1.